The Hall–Kier alpha value is -1.77. The molecule has 0 aliphatic heterocycles. The van der Waals surface area contributed by atoms with Crippen LogP contribution in [0.5, 0.6) is 11.5 Å². The van der Waals surface area contributed by atoms with Crippen LogP contribution >= 0.6 is 0 Å². The molecular weight excluding hydrogens is 276 g/mol. The molecule has 0 unspecified atom stereocenters. The van der Waals surface area contributed by atoms with Crippen LogP contribution in [0.3, 0.4) is 0 Å². The molecular formula is C19H28O3. The highest BCUT2D eigenvalue weighted by Crippen LogP contribution is 2.42. The Morgan fingerprint density at radius 1 is 1.09 bits per heavy atom. The lowest BCUT2D eigenvalue weighted by Crippen LogP contribution is -2.21. The summed E-state index contributed by atoms with van der Waals surface area (Å²) in [6, 6.07) is 3.91. The second kappa shape index (κ2) is 6.55. The van der Waals surface area contributed by atoms with Gasteiger partial charge in [0.15, 0.2) is 0 Å². The molecule has 22 heavy (non-hydrogen) atoms. The molecule has 3 heteroatoms. The van der Waals surface area contributed by atoms with Gasteiger partial charge >= 0.3 is 5.97 Å². The van der Waals surface area contributed by atoms with Gasteiger partial charge in [-0.15, -0.1) is 0 Å². The third-order valence-corrected chi connectivity index (χ3v) is 3.29. The number of rotatable bonds is 4. The number of hydrogen-bond donors (Lipinski definition) is 0. The topological polar surface area (TPSA) is 35.5 Å². The SMILES string of the molecule is C=CCOc1cc(C(C)(C)C)c(OC(C)=O)c(C(C)(C)C)c1. The number of carbonyl (C=O) groups excluding carboxylic acids is 1. The lowest BCUT2D eigenvalue weighted by atomic mass is 9.79. The first kappa shape index (κ1) is 18.3. The van der Waals surface area contributed by atoms with Crippen molar-refractivity contribution in [2.24, 2.45) is 0 Å². The molecule has 0 saturated carbocycles. The van der Waals surface area contributed by atoms with E-state index in [9.17, 15) is 4.79 Å². The van der Waals surface area contributed by atoms with Gasteiger partial charge in [0.05, 0.1) is 0 Å². The minimum Gasteiger partial charge on any atom is -0.490 e. The van der Waals surface area contributed by atoms with Gasteiger partial charge in [0.25, 0.3) is 0 Å². The quantitative estimate of drug-likeness (QED) is 0.456. The Morgan fingerprint density at radius 3 is 1.86 bits per heavy atom. The Kier molecular flexibility index (Phi) is 5.44. The fourth-order valence-electron chi connectivity index (χ4n) is 2.21. The number of benzene rings is 1. The van der Waals surface area contributed by atoms with Crippen molar-refractivity contribution in [3.63, 3.8) is 0 Å². The van der Waals surface area contributed by atoms with Crippen molar-refractivity contribution in [1.82, 2.24) is 0 Å². The maximum Gasteiger partial charge on any atom is 0.308 e. The summed E-state index contributed by atoms with van der Waals surface area (Å²) >= 11 is 0. The van der Waals surface area contributed by atoms with Gasteiger partial charge in [0.2, 0.25) is 0 Å². The van der Waals surface area contributed by atoms with E-state index in [1.807, 2.05) is 12.1 Å². The van der Waals surface area contributed by atoms with Crippen molar-refractivity contribution >= 4 is 5.97 Å². The van der Waals surface area contributed by atoms with Crippen molar-refractivity contribution in [3.8, 4) is 11.5 Å². The molecule has 3 nitrogen and oxygen atoms in total. The van der Waals surface area contributed by atoms with E-state index in [0.29, 0.717) is 12.4 Å². The molecule has 0 fully saturated rings. The molecule has 122 valence electrons. The summed E-state index contributed by atoms with van der Waals surface area (Å²) in [6.07, 6.45) is 1.72. The van der Waals surface area contributed by atoms with Crippen LogP contribution in [0.25, 0.3) is 0 Å². The van der Waals surface area contributed by atoms with Gasteiger partial charge in [-0.2, -0.15) is 0 Å². The molecule has 1 aromatic carbocycles. The smallest absolute Gasteiger partial charge is 0.308 e. The first-order valence-electron chi connectivity index (χ1n) is 7.58. The molecule has 1 rings (SSSR count). The zero-order valence-electron chi connectivity index (χ0n) is 14.9. The molecule has 0 saturated heterocycles. The van der Waals surface area contributed by atoms with Crippen LogP contribution in [0.1, 0.15) is 59.6 Å². The molecule has 1 aromatic rings. The van der Waals surface area contributed by atoms with E-state index in [2.05, 4.69) is 48.1 Å². The fraction of sp³-hybridized carbons (Fsp3) is 0.526. The van der Waals surface area contributed by atoms with Gasteiger partial charge in [0, 0.05) is 18.1 Å². The van der Waals surface area contributed by atoms with E-state index in [4.69, 9.17) is 9.47 Å². The predicted molar refractivity (Wildman–Crippen MR) is 90.8 cm³/mol. The summed E-state index contributed by atoms with van der Waals surface area (Å²) in [4.78, 5) is 11.6. The van der Waals surface area contributed by atoms with Crippen molar-refractivity contribution in [3.05, 3.63) is 35.9 Å². The van der Waals surface area contributed by atoms with Gasteiger partial charge in [-0.1, -0.05) is 54.2 Å². The predicted octanol–water partition coefficient (Wildman–Crippen LogP) is 4.77. The summed E-state index contributed by atoms with van der Waals surface area (Å²) in [5.41, 5.74) is 1.60. The maximum absolute atomic E-state index is 11.6. The van der Waals surface area contributed by atoms with Crippen LogP contribution in [0, 0.1) is 0 Å². The summed E-state index contributed by atoms with van der Waals surface area (Å²) in [7, 11) is 0. The Morgan fingerprint density at radius 2 is 1.55 bits per heavy atom. The van der Waals surface area contributed by atoms with Crippen molar-refractivity contribution in [1.29, 1.82) is 0 Å². The monoisotopic (exact) mass is 304 g/mol. The van der Waals surface area contributed by atoms with Gasteiger partial charge in [-0.3, -0.25) is 4.79 Å². The molecule has 0 heterocycles. The molecule has 0 N–H and O–H groups in total. The van der Waals surface area contributed by atoms with Crippen LogP contribution < -0.4 is 9.47 Å². The highest BCUT2D eigenvalue weighted by Gasteiger charge is 2.29. The van der Waals surface area contributed by atoms with E-state index in [1.54, 1.807) is 6.08 Å². The highest BCUT2D eigenvalue weighted by atomic mass is 16.5. The summed E-state index contributed by atoms with van der Waals surface area (Å²) in [5, 5.41) is 0. The maximum atomic E-state index is 11.6. The second-order valence-electron chi connectivity index (χ2n) is 7.54. The van der Waals surface area contributed by atoms with Gasteiger partial charge in [-0.05, 0) is 23.0 Å². The highest BCUT2D eigenvalue weighted by molar-refractivity contribution is 5.71. The molecule has 0 atom stereocenters. The number of carbonyl (C=O) groups is 1. The van der Waals surface area contributed by atoms with Crippen LogP contribution in [-0.4, -0.2) is 12.6 Å². The average Bonchev–Trinajstić information content (AvgIpc) is 2.33. The van der Waals surface area contributed by atoms with E-state index >= 15 is 0 Å². The fourth-order valence-corrected chi connectivity index (χ4v) is 2.21. The first-order valence-corrected chi connectivity index (χ1v) is 7.58. The average molecular weight is 304 g/mol. The summed E-state index contributed by atoms with van der Waals surface area (Å²) in [5.74, 6) is 1.11. The minimum atomic E-state index is -0.309. The minimum absolute atomic E-state index is 0.168. The normalized spacial score (nSPS) is 12.0. The Labute approximate surface area is 134 Å². The van der Waals surface area contributed by atoms with Crippen LogP contribution in [0.4, 0.5) is 0 Å². The largest absolute Gasteiger partial charge is 0.490 e. The molecule has 0 spiro atoms. The van der Waals surface area contributed by atoms with Crippen LogP contribution in [0.2, 0.25) is 0 Å². The lowest BCUT2D eigenvalue weighted by Gasteiger charge is -2.29. The van der Waals surface area contributed by atoms with Crippen LogP contribution in [-0.2, 0) is 15.6 Å². The zero-order chi connectivity index (χ0) is 17.1. The lowest BCUT2D eigenvalue weighted by molar-refractivity contribution is -0.132. The van der Waals surface area contributed by atoms with Crippen molar-refractivity contribution in [2.75, 3.05) is 6.61 Å². The zero-order valence-corrected chi connectivity index (χ0v) is 14.9. The molecule has 0 aliphatic rings. The molecule has 0 aliphatic carbocycles. The molecule has 0 bridgehead atoms. The Balaban J connectivity index is 3.61. The van der Waals surface area contributed by atoms with Crippen molar-refractivity contribution < 1.29 is 14.3 Å². The standard InChI is InChI=1S/C19H28O3/c1-9-10-21-14-11-15(18(3,4)5)17(22-13(2)20)16(12-14)19(6,7)8/h9,11-12H,1,10H2,2-8H3. The third kappa shape index (κ3) is 4.62. The summed E-state index contributed by atoms with van der Waals surface area (Å²) in [6.45, 7) is 18.1. The second-order valence-corrected chi connectivity index (χ2v) is 7.54. The van der Waals surface area contributed by atoms with Gasteiger partial charge < -0.3 is 9.47 Å². The van der Waals surface area contributed by atoms with E-state index < -0.39 is 0 Å². The number of esters is 1. The summed E-state index contributed by atoms with van der Waals surface area (Å²) < 4.78 is 11.3. The molecule has 0 amide bonds. The first-order chi connectivity index (χ1) is 9.96. The van der Waals surface area contributed by atoms with E-state index in [0.717, 1.165) is 16.9 Å². The molecule has 0 aromatic heterocycles. The third-order valence-electron chi connectivity index (χ3n) is 3.29. The molecule has 0 radical (unpaired) electrons. The van der Waals surface area contributed by atoms with Gasteiger partial charge in [-0.25, -0.2) is 0 Å². The number of ether oxygens (including phenoxy) is 2. The number of hydrogen-bond acceptors (Lipinski definition) is 3. The van der Waals surface area contributed by atoms with Gasteiger partial charge in [0.1, 0.15) is 18.1 Å². The van der Waals surface area contributed by atoms with E-state index in [-0.39, 0.29) is 16.8 Å². The van der Waals surface area contributed by atoms with E-state index in [1.165, 1.54) is 6.92 Å². The van der Waals surface area contributed by atoms with Crippen molar-refractivity contribution in [2.45, 2.75) is 59.3 Å². The Bertz CT molecular complexity index is 522. The van der Waals surface area contributed by atoms with Crippen LogP contribution in [0.15, 0.2) is 24.8 Å².